The lowest BCUT2D eigenvalue weighted by Crippen LogP contribution is -2.12. The maximum absolute atomic E-state index is 8.60. The van der Waals surface area contributed by atoms with Crippen molar-refractivity contribution < 1.29 is 10.1 Å². The standard InChI is InChI=1S/C11H15NO2/c1-9(2)11(14-13)4-3-10-5-7-12-8-6-10/h5-8,11,13H,1,3-4H2,2H3. The molecule has 0 bridgehead atoms. The summed E-state index contributed by atoms with van der Waals surface area (Å²) in [7, 11) is 0. The van der Waals surface area contributed by atoms with E-state index in [-0.39, 0.29) is 6.10 Å². The SMILES string of the molecule is C=C(C)C(CCc1ccncc1)OO. The lowest BCUT2D eigenvalue weighted by molar-refractivity contribution is -0.269. The molecule has 0 spiro atoms. The molecule has 1 rings (SSSR count). The largest absolute Gasteiger partial charge is 0.265 e. The molecule has 1 atom stereocenters. The third-order valence-corrected chi connectivity index (χ3v) is 2.12. The summed E-state index contributed by atoms with van der Waals surface area (Å²) < 4.78 is 0. The molecule has 0 fully saturated rings. The number of aromatic nitrogens is 1. The van der Waals surface area contributed by atoms with E-state index >= 15 is 0 Å². The first kappa shape index (κ1) is 10.9. The average Bonchev–Trinajstić information content (AvgIpc) is 2.20. The highest BCUT2D eigenvalue weighted by Gasteiger charge is 2.09. The van der Waals surface area contributed by atoms with E-state index < -0.39 is 0 Å². The number of hydrogen-bond donors (Lipinski definition) is 1. The van der Waals surface area contributed by atoms with Crippen LogP contribution in [0.2, 0.25) is 0 Å². The maximum atomic E-state index is 8.60. The zero-order valence-electron chi connectivity index (χ0n) is 8.31. The molecule has 1 aromatic rings. The molecule has 0 radical (unpaired) electrons. The van der Waals surface area contributed by atoms with Gasteiger partial charge in [0, 0.05) is 12.4 Å². The Morgan fingerprint density at radius 3 is 2.71 bits per heavy atom. The highest BCUT2D eigenvalue weighted by atomic mass is 17.1. The first-order valence-corrected chi connectivity index (χ1v) is 4.58. The number of nitrogens with zero attached hydrogens (tertiary/aromatic N) is 1. The summed E-state index contributed by atoms with van der Waals surface area (Å²) in [6.45, 7) is 5.58. The van der Waals surface area contributed by atoms with Crippen molar-refractivity contribution in [2.24, 2.45) is 0 Å². The summed E-state index contributed by atoms with van der Waals surface area (Å²) in [6.07, 6.45) is 4.81. The first-order chi connectivity index (χ1) is 6.74. The number of hydrogen-bond acceptors (Lipinski definition) is 3. The van der Waals surface area contributed by atoms with Gasteiger partial charge in [0.15, 0.2) is 0 Å². The monoisotopic (exact) mass is 193 g/mol. The molecule has 76 valence electrons. The van der Waals surface area contributed by atoms with E-state index in [4.69, 9.17) is 5.26 Å². The highest BCUT2D eigenvalue weighted by Crippen LogP contribution is 2.11. The van der Waals surface area contributed by atoms with Crippen molar-refractivity contribution >= 4 is 0 Å². The van der Waals surface area contributed by atoms with E-state index in [1.807, 2.05) is 19.1 Å². The van der Waals surface area contributed by atoms with Gasteiger partial charge in [-0.25, -0.2) is 4.89 Å². The van der Waals surface area contributed by atoms with Crippen LogP contribution in [-0.2, 0) is 11.3 Å². The molecule has 0 aliphatic heterocycles. The molecule has 1 N–H and O–H groups in total. The van der Waals surface area contributed by atoms with Crippen molar-refractivity contribution in [1.29, 1.82) is 0 Å². The van der Waals surface area contributed by atoms with Crippen molar-refractivity contribution in [3.63, 3.8) is 0 Å². The predicted molar refractivity (Wildman–Crippen MR) is 54.9 cm³/mol. The summed E-state index contributed by atoms with van der Waals surface area (Å²) in [5.41, 5.74) is 2.02. The van der Waals surface area contributed by atoms with Crippen molar-refractivity contribution in [2.45, 2.75) is 25.9 Å². The summed E-state index contributed by atoms with van der Waals surface area (Å²) in [5.74, 6) is 0. The zero-order chi connectivity index (χ0) is 10.4. The molecular weight excluding hydrogens is 178 g/mol. The second-order valence-corrected chi connectivity index (χ2v) is 3.33. The molecule has 0 amide bonds. The smallest absolute Gasteiger partial charge is 0.113 e. The summed E-state index contributed by atoms with van der Waals surface area (Å²) in [5, 5.41) is 8.60. The van der Waals surface area contributed by atoms with Crippen LogP contribution in [0.5, 0.6) is 0 Å². The fourth-order valence-corrected chi connectivity index (χ4v) is 1.24. The molecule has 14 heavy (non-hydrogen) atoms. The minimum atomic E-state index is -0.275. The van der Waals surface area contributed by atoms with Gasteiger partial charge in [-0.2, -0.15) is 0 Å². The Balaban J connectivity index is 2.44. The van der Waals surface area contributed by atoms with Crippen molar-refractivity contribution in [2.75, 3.05) is 0 Å². The first-order valence-electron chi connectivity index (χ1n) is 4.58. The van der Waals surface area contributed by atoms with Crippen LogP contribution in [0.15, 0.2) is 36.7 Å². The normalized spacial score (nSPS) is 12.4. The number of pyridine rings is 1. The second kappa shape index (κ2) is 5.52. The van der Waals surface area contributed by atoms with Crippen molar-refractivity contribution in [3.05, 3.63) is 42.2 Å². The van der Waals surface area contributed by atoms with Gasteiger partial charge in [0.1, 0.15) is 6.10 Å². The van der Waals surface area contributed by atoms with Crippen LogP contribution in [0, 0.1) is 0 Å². The Kier molecular flexibility index (Phi) is 4.29. The zero-order valence-corrected chi connectivity index (χ0v) is 8.31. The highest BCUT2D eigenvalue weighted by molar-refractivity contribution is 5.11. The van der Waals surface area contributed by atoms with E-state index in [9.17, 15) is 0 Å². The van der Waals surface area contributed by atoms with Crippen LogP contribution in [0.3, 0.4) is 0 Å². The molecule has 1 aromatic heterocycles. The summed E-state index contributed by atoms with van der Waals surface area (Å²) >= 11 is 0. The van der Waals surface area contributed by atoms with E-state index in [1.54, 1.807) is 12.4 Å². The van der Waals surface area contributed by atoms with Gasteiger partial charge in [-0.3, -0.25) is 10.2 Å². The Labute approximate surface area is 84.0 Å². The molecule has 0 saturated carbocycles. The maximum Gasteiger partial charge on any atom is 0.113 e. The molecular formula is C11H15NO2. The Morgan fingerprint density at radius 1 is 1.57 bits per heavy atom. The Bertz CT molecular complexity index is 285. The molecule has 1 heterocycles. The van der Waals surface area contributed by atoms with Gasteiger partial charge < -0.3 is 0 Å². The minimum absolute atomic E-state index is 0.275. The summed E-state index contributed by atoms with van der Waals surface area (Å²) in [6, 6.07) is 3.90. The lowest BCUT2D eigenvalue weighted by atomic mass is 10.0. The van der Waals surface area contributed by atoms with Gasteiger partial charge in [-0.05, 0) is 43.0 Å². The van der Waals surface area contributed by atoms with Gasteiger partial charge >= 0.3 is 0 Å². The van der Waals surface area contributed by atoms with Crippen LogP contribution < -0.4 is 0 Å². The molecule has 3 heteroatoms. The van der Waals surface area contributed by atoms with E-state index in [1.165, 1.54) is 5.56 Å². The van der Waals surface area contributed by atoms with Gasteiger partial charge in [-0.1, -0.05) is 6.58 Å². The third kappa shape index (κ3) is 3.28. The van der Waals surface area contributed by atoms with Gasteiger partial charge in [0.2, 0.25) is 0 Å². The predicted octanol–water partition coefficient (Wildman–Crippen LogP) is 2.45. The van der Waals surface area contributed by atoms with Gasteiger partial charge in [0.05, 0.1) is 0 Å². The lowest BCUT2D eigenvalue weighted by Gasteiger charge is -2.12. The average molecular weight is 193 g/mol. The van der Waals surface area contributed by atoms with Crippen LogP contribution in [0.4, 0.5) is 0 Å². The van der Waals surface area contributed by atoms with Crippen LogP contribution in [0.1, 0.15) is 18.9 Å². The van der Waals surface area contributed by atoms with E-state index in [0.717, 1.165) is 18.4 Å². The fraction of sp³-hybridized carbons (Fsp3) is 0.364. The molecule has 0 aromatic carbocycles. The Hall–Kier alpha value is -1.19. The number of aryl methyl sites for hydroxylation is 1. The van der Waals surface area contributed by atoms with Crippen LogP contribution in [-0.4, -0.2) is 16.3 Å². The number of rotatable bonds is 5. The van der Waals surface area contributed by atoms with E-state index in [2.05, 4.69) is 16.5 Å². The second-order valence-electron chi connectivity index (χ2n) is 3.33. The van der Waals surface area contributed by atoms with E-state index in [0.29, 0.717) is 0 Å². The van der Waals surface area contributed by atoms with Gasteiger partial charge in [0.25, 0.3) is 0 Å². The fourth-order valence-electron chi connectivity index (χ4n) is 1.24. The third-order valence-electron chi connectivity index (χ3n) is 2.12. The molecule has 1 unspecified atom stereocenters. The molecule has 0 saturated heterocycles. The molecule has 0 aliphatic rings. The molecule has 3 nitrogen and oxygen atoms in total. The summed E-state index contributed by atoms with van der Waals surface area (Å²) in [4.78, 5) is 8.25. The van der Waals surface area contributed by atoms with Gasteiger partial charge in [-0.15, -0.1) is 0 Å². The topological polar surface area (TPSA) is 42.4 Å². The van der Waals surface area contributed by atoms with Crippen molar-refractivity contribution in [3.8, 4) is 0 Å². The van der Waals surface area contributed by atoms with Crippen molar-refractivity contribution in [1.82, 2.24) is 4.98 Å². The minimum Gasteiger partial charge on any atom is -0.265 e. The quantitative estimate of drug-likeness (QED) is 0.443. The Morgan fingerprint density at radius 2 is 2.21 bits per heavy atom. The van der Waals surface area contributed by atoms with Crippen LogP contribution in [0.25, 0.3) is 0 Å². The van der Waals surface area contributed by atoms with Crippen LogP contribution >= 0.6 is 0 Å². The molecule has 0 aliphatic carbocycles.